The molecule has 2 heterocycles. The van der Waals surface area contributed by atoms with E-state index in [-0.39, 0.29) is 17.9 Å². The zero-order chi connectivity index (χ0) is 22.5. The Bertz CT molecular complexity index is 1030. The van der Waals surface area contributed by atoms with E-state index in [1.807, 2.05) is 30.3 Å². The highest BCUT2D eigenvalue weighted by Crippen LogP contribution is 2.30. The summed E-state index contributed by atoms with van der Waals surface area (Å²) in [5.41, 5.74) is 2.86. The molecule has 0 unspecified atom stereocenters. The maximum absolute atomic E-state index is 14.2. The first-order valence-electron chi connectivity index (χ1n) is 10.9. The molecular formula is C25H29FN4S2. The Morgan fingerprint density at radius 2 is 1.72 bits per heavy atom. The van der Waals surface area contributed by atoms with Crippen LogP contribution in [0.3, 0.4) is 0 Å². The van der Waals surface area contributed by atoms with E-state index in [0.717, 1.165) is 37.4 Å². The lowest BCUT2D eigenvalue weighted by atomic mass is 10.0. The van der Waals surface area contributed by atoms with Gasteiger partial charge >= 0.3 is 0 Å². The van der Waals surface area contributed by atoms with Crippen molar-refractivity contribution in [3.05, 3.63) is 82.3 Å². The van der Waals surface area contributed by atoms with E-state index in [1.54, 1.807) is 17.4 Å². The third kappa shape index (κ3) is 5.28. The van der Waals surface area contributed by atoms with Gasteiger partial charge in [0.25, 0.3) is 0 Å². The maximum Gasteiger partial charge on any atom is 0.171 e. The van der Waals surface area contributed by atoms with Gasteiger partial charge in [-0.3, -0.25) is 4.90 Å². The van der Waals surface area contributed by atoms with Crippen molar-refractivity contribution < 1.29 is 4.39 Å². The van der Waals surface area contributed by atoms with Gasteiger partial charge in [-0.1, -0.05) is 36.4 Å². The van der Waals surface area contributed by atoms with Crippen LogP contribution in [0.25, 0.3) is 0 Å². The zero-order valence-corrected chi connectivity index (χ0v) is 20.1. The number of piperazine rings is 1. The number of halogens is 1. The molecule has 168 valence electrons. The average molecular weight is 469 g/mol. The maximum atomic E-state index is 14.2. The average Bonchev–Trinajstić information content (AvgIpc) is 3.31. The summed E-state index contributed by atoms with van der Waals surface area (Å²) in [7, 11) is 0. The van der Waals surface area contributed by atoms with Crippen LogP contribution in [0.5, 0.6) is 0 Å². The highest BCUT2D eigenvalue weighted by molar-refractivity contribution is 7.80. The predicted molar refractivity (Wildman–Crippen MR) is 137 cm³/mol. The van der Waals surface area contributed by atoms with Gasteiger partial charge in [-0.25, -0.2) is 4.39 Å². The Kier molecular flexibility index (Phi) is 7.40. The number of anilines is 2. The van der Waals surface area contributed by atoms with Crippen molar-refractivity contribution in [2.24, 2.45) is 0 Å². The largest absolute Gasteiger partial charge is 0.367 e. The fourth-order valence-electron chi connectivity index (χ4n) is 4.31. The van der Waals surface area contributed by atoms with Crippen LogP contribution < -0.4 is 15.5 Å². The Balaban J connectivity index is 1.43. The standard InChI is InChI=1S/C25H29FN4S2/c1-18-8-3-5-10-21(18)28-25(31)27-19(2)24(23-12-7-17-32-23)30-15-13-29(14-16-30)22-11-6-4-9-20(22)26/h3-12,17,19,24H,13-16H2,1-2H3,(H2,27,28,31)/t19-,24+/m1/s1. The van der Waals surface area contributed by atoms with Crippen LogP contribution in [0.4, 0.5) is 15.8 Å². The second kappa shape index (κ2) is 10.4. The first-order chi connectivity index (χ1) is 15.5. The molecule has 4 rings (SSSR count). The lowest BCUT2D eigenvalue weighted by Crippen LogP contribution is -2.52. The van der Waals surface area contributed by atoms with Crippen LogP contribution in [0.15, 0.2) is 66.0 Å². The molecule has 4 nitrogen and oxygen atoms in total. The van der Waals surface area contributed by atoms with Gasteiger partial charge in [0, 0.05) is 42.8 Å². The molecule has 0 radical (unpaired) electrons. The minimum atomic E-state index is -0.154. The van der Waals surface area contributed by atoms with Crippen molar-refractivity contribution in [2.45, 2.75) is 25.9 Å². The monoisotopic (exact) mass is 468 g/mol. The number of para-hydroxylation sites is 2. The second-order valence-corrected chi connectivity index (χ2v) is 9.52. The highest BCUT2D eigenvalue weighted by Gasteiger charge is 2.31. The zero-order valence-electron chi connectivity index (χ0n) is 18.4. The summed E-state index contributed by atoms with van der Waals surface area (Å²) in [6, 6.07) is 19.7. The van der Waals surface area contributed by atoms with Gasteiger partial charge in [0.1, 0.15) is 5.82 Å². The molecule has 1 aliphatic heterocycles. The Hall–Kier alpha value is -2.48. The van der Waals surface area contributed by atoms with Gasteiger partial charge in [-0.15, -0.1) is 11.3 Å². The molecule has 1 saturated heterocycles. The minimum Gasteiger partial charge on any atom is -0.367 e. The summed E-state index contributed by atoms with van der Waals surface area (Å²) in [6.45, 7) is 7.56. The lowest BCUT2D eigenvalue weighted by Gasteiger charge is -2.42. The molecule has 32 heavy (non-hydrogen) atoms. The normalized spacial score (nSPS) is 16.4. The number of hydrogen-bond acceptors (Lipinski definition) is 4. The van der Waals surface area contributed by atoms with Gasteiger partial charge in [0.2, 0.25) is 0 Å². The molecule has 1 aliphatic rings. The molecule has 7 heteroatoms. The summed E-state index contributed by atoms with van der Waals surface area (Å²) >= 11 is 7.40. The van der Waals surface area contributed by atoms with Crippen molar-refractivity contribution in [3.8, 4) is 0 Å². The van der Waals surface area contributed by atoms with E-state index >= 15 is 0 Å². The Labute approximate surface area is 199 Å². The van der Waals surface area contributed by atoms with Gasteiger partial charge in [0.05, 0.1) is 11.7 Å². The minimum absolute atomic E-state index is 0.109. The van der Waals surface area contributed by atoms with E-state index in [9.17, 15) is 4.39 Å². The van der Waals surface area contributed by atoms with Crippen molar-refractivity contribution in [3.63, 3.8) is 0 Å². The molecule has 0 spiro atoms. The van der Waals surface area contributed by atoms with Crippen LogP contribution in [-0.2, 0) is 0 Å². The Morgan fingerprint density at radius 3 is 2.41 bits per heavy atom. The molecular weight excluding hydrogens is 439 g/mol. The van der Waals surface area contributed by atoms with Crippen molar-refractivity contribution in [2.75, 3.05) is 36.4 Å². The molecule has 2 aromatic carbocycles. The summed E-state index contributed by atoms with van der Waals surface area (Å²) in [5, 5.41) is 9.58. The quantitative estimate of drug-likeness (QED) is 0.471. The van der Waals surface area contributed by atoms with Crippen molar-refractivity contribution in [1.82, 2.24) is 10.2 Å². The van der Waals surface area contributed by atoms with Crippen LogP contribution >= 0.6 is 23.6 Å². The number of benzene rings is 2. The topological polar surface area (TPSA) is 30.5 Å². The molecule has 3 aromatic rings. The fourth-order valence-corrected chi connectivity index (χ4v) is 5.57. The van der Waals surface area contributed by atoms with Crippen LogP contribution in [0.2, 0.25) is 0 Å². The SMILES string of the molecule is Cc1ccccc1NC(=S)N[C@H](C)[C@@H](c1cccs1)N1CCN(c2ccccc2F)CC1. The predicted octanol–water partition coefficient (Wildman–Crippen LogP) is 5.43. The summed E-state index contributed by atoms with van der Waals surface area (Å²) in [5.74, 6) is -0.154. The summed E-state index contributed by atoms with van der Waals surface area (Å²) < 4.78 is 14.2. The van der Waals surface area contributed by atoms with Crippen LogP contribution in [0.1, 0.15) is 23.4 Å². The smallest absolute Gasteiger partial charge is 0.171 e. The van der Waals surface area contributed by atoms with E-state index in [4.69, 9.17) is 12.2 Å². The number of aryl methyl sites for hydroxylation is 1. The number of nitrogens with one attached hydrogen (secondary N) is 2. The number of rotatable bonds is 6. The van der Waals surface area contributed by atoms with E-state index in [0.29, 0.717) is 10.8 Å². The van der Waals surface area contributed by atoms with Gasteiger partial charge in [-0.05, 0) is 61.3 Å². The highest BCUT2D eigenvalue weighted by atomic mass is 32.1. The first kappa shape index (κ1) is 22.7. The summed E-state index contributed by atoms with van der Waals surface area (Å²) in [4.78, 5) is 5.93. The molecule has 1 aromatic heterocycles. The lowest BCUT2D eigenvalue weighted by molar-refractivity contribution is 0.163. The van der Waals surface area contributed by atoms with Crippen LogP contribution in [0, 0.1) is 12.7 Å². The molecule has 0 saturated carbocycles. The Morgan fingerprint density at radius 1 is 1.00 bits per heavy atom. The number of hydrogen-bond donors (Lipinski definition) is 2. The molecule has 2 atom stereocenters. The number of thiocarbonyl (C=S) groups is 1. The van der Waals surface area contributed by atoms with Crippen LogP contribution in [-0.4, -0.2) is 42.2 Å². The number of thiophene rings is 1. The van der Waals surface area contributed by atoms with Crippen molar-refractivity contribution >= 4 is 40.0 Å². The molecule has 0 bridgehead atoms. The molecule has 0 aliphatic carbocycles. The van der Waals surface area contributed by atoms with Gasteiger partial charge in [0.15, 0.2) is 5.11 Å². The van der Waals surface area contributed by atoms with E-state index < -0.39 is 0 Å². The molecule has 0 amide bonds. The fraction of sp³-hybridized carbons (Fsp3) is 0.320. The van der Waals surface area contributed by atoms with E-state index in [1.165, 1.54) is 10.9 Å². The van der Waals surface area contributed by atoms with Gasteiger partial charge in [-0.2, -0.15) is 0 Å². The van der Waals surface area contributed by atoms with Crippen molar-refractivity contribution in [1.29, 1.82) is 0 Å². The molecule has 2 N–H and O–H groups in total. The second-order valence-electron chi connectivity index (χ2n) is 8.14. The van der Waals surface area contributed by atoms with Gasteiger partial charge < -0.3 is 15.5 Å². The third-order valence-electron chi connectivity index (χ3n) is 5.96. The number of nitrogens with zero attached hydrogens (tertiary/aromatic N) is 2. The third-order valence-corrected chi connectivity index (χ3v) is 7.12. The first-order valence-corrected chi connectivity index (χ1v) is 12.2. The van der Waals surface area contributed by atoms with E-state index in [2.05, 4.69) is 57.9 Å². The summed E-state index contributed by atoms with van der Waals surface area (Å²) in [6.07, 6.45) is 0. The molecule has 1 fully saturated rings.